The summed E-state index contributed by atoms with van der Waals surface area (Å²) in [7, 11) is 0. The van der Waals surface area contributed by atoms with Crippen LogP contribution in [-0.4, -0.2) is 17.8 Å². The molecule has 0 aliphatic heterocycles. The molecule has 2 aromatic rings. The highest BCUT2D eigenvalue weighted by atomic mass is 16.5. The molecule has 32 heavy (non-hydrogen) atoms. The molecule has 2 aliphatic rings. The Morgan fingerprint density at radius 2 is 2.00 bits per heavy atom. The highest BCUT2D eigenvalue weighted by molar-refractivity contribution is 5.87. The summed E-state index contributed by atoms with van der Waals surface area (Å²) in [4.78, 5) is 25.1. The fourth-order valence-electron chi connectivity index (χ4n) is 4.36. The van der Waals surface area contributed by atoms with Gasteiger partial charge in [0.15, 0.2) is 5.75 Å². The van der Waals surface area contributed by atoms with E-state index in [-0.39, 0.29) is 23.4 Å². The van der Waals surface area contributed by atoms with Gasteiger partial charge in [0, 0.05) is 12.8 Å². The standard InChI is InChI=1S/C26H33NO5/c1-2-3-15-31-25(30)27-22-21(11-12-26(13-14-26)17-19-9-10-19)32-24(29)20(23(22)28)16-18-7-5-4-6-8-18/h4-8,19,28H,2-3,9-17H2,1H3,(H,27,30). The van der Waals surface area contributed by atoms with Crippen molar-refractivity contribution >= 4 is 11.8 Å². The number of rotatable bonds is 11. The highest BCUT2D eigenvalue weighted by Crippen LogP contribution is 2.57. The van der Waals surface area contributed by atoms with Gasteiger partial charge in [0.05, 0.1) is 12.2 Å². The van der Waals surface area contributed by atoms with Gasteiger partial charge in [0.25, 0.3) is 0 Å². The van der Waals surface area contributed by atoms with Crippen LogP contribution in [0.25, 0.3) is 0 Å². The summed E-state index contributed by atoms with van der Waals surface area (Å²) < 4.78 is 10.9. The number of nitrogens with one attached hydrogen (secondary N) is 1. The smallest absolute Gasteiger partial charge is 0.411 e. The molecule has 1 aromatic heterocycles. The van der Waals surface area contributed by atoms with Crippen molar-refractivity contribution in [2.24, 2.45) is 11.3 Å². The van der Waals surface area contributed by atoms with E-state index in [1.54, 1.807) is 0 Å². The summed E-state index contributed by atoms with van der Waals surface area (Å²) in [5, 5.41) is 13.7. The molecule has 172 valence electrons. The molecule has 0 unspecified atom stereocenters. The van der Waals surface area contributed by atoms with Crippen LogP contribution in [0.1, 0.15) is 75.2 Å². The normalized spacial score (nSPS) is 16.5. The van der Waals surface area contributed by atoms with Gasteiger partial charge >= 0.3 is 11.7 Å². The van der Waals surface area contributed by atoms with Crippen molar-refractivity contribution in [2.75, 3.05) is 11.9 Å². The Hall–Kier alpha value is -2.76. The van der Waals surface area contributed by atoms with Gasteiger partial charge in [-0.05, 0) is 49.0 Å². The van der Waals surface area contributed by atoms with Gasteiger partial charge in [0.1, 0.15) is 11.4 Å². The van der Waals surface area contributed by atoms with Crippen molar-refractivity contribution in [3.63, 3.8) is 0 Å². The third kappa shape index (κ3) is 5.72. The molecule has 0 atom stereocenters. The molecule has 0 bridgehead atoms. The largest absolute Gasteiger partial charge is 0.505 e. The molecule has 6 heteroatoms. The van der Waals surface area contributed by atoms with Crippen molar-refractivity contribution in [2.45, 2.75) is 71.1 Å². The first-order valence-electron chi connectivity index (χ1n) is 11.9. The Morgan fingerprint density at radius 1 is 1.25 bits per heavy atom. The minimum atomic E-state index is -0.645. The molecule has 0 spiro atoms. The van der Waals surface area contributed by atoms with E-state index >= 15 is 0 Å². The van der Waals surface area contributed by atoms with Crippen LogP contribution < -0.4 is 10.9 Å². The molecule has 4 rings (SSSR count). The second-order valence-electron chi connectivity index (χ2n) is 9.44. The maximum atomic E-state index is 12.8. The first-order valence-corrected chi connectivity index (χ1v) is 11.9. The van der Waals surface area contributed by atoms with Crippen molar-refractivity contribution in [1.82, 2.24) is 0 Å². The fraction of sp³-hybridized carbons (Fsp3) is 0.538. The maximum Gasteiger partial charge on any atom is 0.411 e. The third-order valence-corrected chi connectivity index (χ3v) is 6.70. The Morgan fingerprint density at radius 3 is 2.66 bits per heavy atom. The summed E-state index contributed by atoms with van der Waals surface area (Å²) in [6, 6.07) is 9.41. The summed E-state index contributed by atoms with van der Waals surface area (Å²) in [6.07, 6.45) is 8.93. The molecule has 1 aromatic carbocycles. The average Bonchev–Trinajstić information content (AvgIpc) is 3.72. The number of amides is 1. The zero-order chi connectivity index (χ0) is 22.6. The molecule has 0 radical (unpaired) electrons. The third-order valence-electron chi connectivity index (χ3n) is 6.70. The van der Waals surface area contributed by atoms with Crippen LogP contribution in [0.15, 0.2) is 39.5 Å². The fourth-order valence-corrected chi connectivity index (χ4v) is 4.36. The zero-order valence-electron chi connectivity index (χ0n) is 18.8. The second-order valence-corrected chi connectivity index (χ2v) is 9.44. The Bertz CT molecular complexity index is 989. The van der Waals surface area contributed by atoms with E-state index in [1.807, 2.05) is 37.3 Å². The Balaban J connectivity index is 1.56. The molecule has 2 aliphatic carbocycles. The SMILES string of the molecule is CCCCOC(=O)Nc1c(CCC2(CC3CC3)CC2)oc(=O)c(Cc2ccccc2)c1O. The lowest BCUT2D eigenvalue weighted by molar-refractivity contribution is 0.159. The monoisotopic (exact) mass is 439 g/mol. The number of ether oxygens (including phenoxy) is 1. The van der Waals surface area contributed by atoms with E-state index < -0.39 is 11.7 Å². The lowest BCUT2D eigenvalue weighted by atomic mass is 9.92. The average molecular weight is 440 g/mol. The quantitative estimate of drug-likeness (QED) is 0.432. The summed E-state index contributed by atoms with van der Waals surface area (Å²) in [6.45, 7) is 2.32. The number of carbonyl (C=O) groups excluding carboxylic acids is 1. The number of benzene rings is 1. The predicted octanol–water partition coefficient (Wildman–Crippen LogP) is 5.80. The summed E-state index contributed by atoms with van der Waals surface area (Å²) in [5.41, 5.74) is 0.956. The second kappa shape index (κ2) is 9.80. The first kappa shape index (κ1) is 22.4. The Labute approximate surface area is 189 Å². The molecule has 2 fully saturated rings. The van der Waals surface area contributed by atoms with E-state index in [0.29, 0.717) is 24.2 Å². The number of anilines is 1. The van der Waals surface area contributed by atoms with Crippen LogP contribution in [0, 0.1) is 11.3 Å². The van der Waals surface area contributed by atoms with Crippen LogP contribution in [-0.2, 0) is 17.6 Å². The van der Waals surface area contributed by atoms with E-state index in [2.05, 4.69) is 5.32 Å². The molecule has 0 saturated heterocycles. The molecule has 6 nitrogen and oxygen atoms in total. The van der Waals surface area contributed by atoms with Gasteiger partial charge < -0.3 is 14.3 Å². The van der Waals surface area contributed by atoms with Gasteiger partial charge in [-0.3, -0.25) is 5.32 Å². The molecule has 2 saturated carbocycles. The highest BCUT2D eigenvalue weighted by Gasteiger charge is 2.45. The lowest BCUT2D eigenvalue weighted by Crippen LogP contribution is -2.19. The zero-order valence-corrected chi connectivity index (χ0v) is 18.8. The number of hydrogen-bond acceptors (Lipinski definition) is 5. The number of aromatic hydroxyl groups is 1. The van der Waals surface area contributed by atoms with Crippen LogP contribution in [0.3, 0.4) is 0 Å². The summed E-state index contributed by atoms with van der Waals surface area (Å²) >= 11 is 0. The van der Waals surface area contributed by atoms with Crippen molar-refractivity contribution in [3.05, 3.63) is 57.6 Å². The van der Waals surface area contributed by atoms with Crippen molar-refractivity contribution in [3.8, 4) is 5.75 Å². The molecule has 1 amide bonds. The van der Waals surface area contributed by atoms with E-state index in [4.69, 9.17) is 9.15 Å². The molecular weight excluding hydrogens is 406 g/mol. The van der Waals surface area contributed by atoms with Gasteiger partial charge in [-0.2, -0.15) is 0 Å². The number of carbonyl (C=O) groups is 1. The minimum Gasteiger partial charge on any atom is -0.505 e. The number of unbranched alkanes of at least 4 members (excludes halogenated alkanes) is 1. The van der Waals surface area contributed by atoms with Gasteiger partial charge in [-0.1, -0.05) is 56.5 Å². The topological polar surface area (TPSA) is 88.8 Å². The van der Waals surface area contributed by atoms with E-state index in [9.17, 15) is 14.7 Å². The first-order chi connectivity index (χ1) is 15.5. The lowest BCUT2D eigenvalue weighted by Gasteiger charge is -2.17. The van der Waals surface area contributed by atoms with Crippen LogP contribution in [0.2, 0.25) is 0 Å². The number of aryl methyl sites for hydroxylation is 1. The van der Waals surface area contributed by atoms with Crippen LogP contribution in [0.5, 0.6) is 5.75 Å². The minimum absolute atomic E-state index is 0.142. The van der Waals surface area contributed by atoms with Crippen LogP contribution >= 0.6 is 0 Å². The van der Waals surface area contributed by atoms with Gasteiger partial charge in [0.2, 0.25) is 0 Å². The van der Waals surface area contributed by atoms with Crippen molar-refractivity contribution in [1.29, 1.82) is 0 Å². The molecular formula is C26H33NO5. The summed E-state index contributed by atoms with van der Waals surface area (Å²) in [5.74, 6) is 0.954. The van der Waals surface area contributed by atoms with Crippen molar-refractivity contribution < 1.29 is 19.1 Å². The Kier molecular flexibility index (Phi) is 6.87. The predicted molar refractivity (Wildman–Crippen MR) is 123 cm³/mol. The van der Waals surface area contributed by atoms with Crippen LogP contribution in [0.4, 0.5) is 10.5 Å². The number of hydrogen-bond donors (Lipinski definition) is 2. The van der Waals surface area contributed by atoms with Gasteiger partial charge in [-0.25, -0.2) is 9.59 Å². The molecule has 1 heterocycles. The maximum absolute atomic E-state index is 12.8. The van der Waals surface area contributed by atoms with Gasteiger partial charge in [-0.15, -0.1) is 0 Å². The van der Waals surface area contributed by atoms with E-state index in [0.717, 1.165) is 30.7 Å². The van der Waals surface area contributed by atoms with E-state index in [1.165, 1.54) is 32.1 Å². The molecule has 2 N–H and O–H groups in total.